The normalized spacial score (nSPS) is 15.0. The molecule has 0 radical (unpaired) electrons. The fourth-order valence-corrected chi connectivity index (χ4v) is 3.62. The van der Waals surface area contributed by atoms with E-state index in [2.05, 4.69) is 24.0 Å². The van der Waals surface area contributed by atoms with Crippen LogP contribution < -0.4 is 9.64 Å². The summed E-state index contributed by atoms with van der Waals surface area (Å²) < 4.78 is 5.32. The fourth-order valence-electron chi connectivity index (χ4n) is 2.47. The van der Waals surface area contributed by atoms with E-state index < -0.39 is 0 Å². The summed E-state index contributed by atoms with van der Waals surface area (Å²) in [7, 11) is 1.68. The van der Waals surface area contributed by atoms with Gasteiger partial charge >= 0.3 is 0 Å². The lowest BCUT2D eigenvalue weighted by atomic mass is 10.1. The molecule has 0 amide bonds. The Morgan fingerprint density at radius 2 is 2.00 bits per heavy atom. The van der Waals surface area contributed by atoms with Crippen LogP contribution in [-0.4, -0.2) is 19.4 Å². The van der Waals surface area contributed by atoms with E-state index in [9.17, 15) is 0 Å². The summed E-state index contributed by atoms with van der Waals surface area (Å²) in [6.07, 6.45) is 1.94. The van der Waals surface area contributed by atoms with E-state index in [1.54, 1.807) is 18.9 Å². The maximum atomic E-state index is 8.30. The molecule has 3 nitrogen and oxygen atoms in total. The van der Waals surface area contributed by atoms with Gasteiger partial charge in [-0.3, -0.25) is 0 Å². The molecule has 0 saturated carbocycles. The van der Waals surface area contributed by atoms with Crippen molar-refractivity contribution in [2.45, 2.75) is 11.8 Å². The van der Waals surface area contributed by atoms with Gasteiger partial charge in [-0.15, -0.1) is 0 Å². The third-order valence-corrected chi connectivity index (χ3v) is 4.72. The number of rotatable bonds is 4. The van der Waals surface area contributed by atoms with Gasteiger partial charge in [0.15, 0.2) is 0 Å². The van der Waals surface area contributed by atoms with Crippen molar-refractivity contribution in [2.24, 2.45) is 0 Å². The number of allylic oxidation sites excluding steroid dienone is 1. The Hall–Kier alpha value is -2.20. The first kappa shape index (κ1) is 14.7. The first-order valence-electron chi connectivity index (χ1n) is 7.22. The molecule has 2 aromatic carbocycles. The lowest BCUT2D eigenvalue weighted by Crippen LogP contribution is -2.17. The highest BCUT2D eigenvalue weighted by Crippen LogP contribution is 2.47. The number of methoxy groups -OCH3 is 1. The monoisotopic (exact) mass is 310 g/mol. The maximum Gasteiger partial charge on any atom is 0.121 e. The van der Waals surface area contributed by atoms with Gasteiger partial charge in [-0.25, -0.2) is 0 Å². The summed E-state index contributed by atoms with van der Waals surface area (Å²) >= 11 is 1.70. The Morgan fingerprint density at radius 1 is 1.23 bits per heavy atom. The average molecular weight is 310 g/mol. The topological polar surface area (TPSA) is 36.3 Å². The van der Waals surface area contributed by atoms with E-state index in [1.165, 1.54) is 4.90 Å². The van der Waals surface area contributed by atoms with Crippen molar-refractivity contribution in [2.75, 3.05) is 18.6 Å². The molecule has 0 aliphatic carbocycles. The van der Waals surface area contributed by atoms with Crippen LogP contribution in [-0.2, 0) is 0 Å². The van der Waals surface area contributed by atoms with E-state index in [4.69, 9.17) is 10.1 Å². The van der Waals surface area contributed by atoms with Gasteiger partial charge in [-0.05, 0) is 30.7 Å². The van der Waals surface area contributed by atoms with Crippen LogP contribution >= 0.6 is 11.8 Å². The molecule has 4 heteroatoms. The van der Waals surface area contributed by atoms with Gasteiger partial charge in [-0.1, -0.05) is 42.1 Å². The van der Waals surface area contributed by atoms with Crippen molar-refractivity contribution in [3.05, 3.63) is 65.2 Å². The van der Waals surface area contributed by atoms with Crippen molar-refractivity contribution >= 4 is 23.2 Å². The van der Waals surface area contributed by atoms with E-state index in [-0.39, 0.29) is 0 Å². The molecule has 1 aliphatic heterocycles. The minimum Gasteiger partial charge on any atom is -0.497 e. The maximum absolute atomic E-state index is 8.30. The molecule has 1 N–H and O–H groups in total. The van der Waals surface area contributed by atoms with Crippen LogP contribution in [0, 0.1) is 5.41 Å². The van der Waals surface area contributed by atoms with Crippen LogP contribution in [0.4, 0.5) is 5.69 Å². The largest absolute Gasteiger partial charge is 0.497 e. The first-order valence-corrected chi connectivity index (χ1v) is 8.03. The van der Waals surface area contributed by atoms with Crippen molar-refractivity contribution in [3.8, 4) is 5.75 Å². The number of anilines is 1. The van der Waals surface area contributed by atoms with Crippen LogP contribution in [0.5, 0.6) is 5.75 Å². The van der Waals surface area contributed by atoms with Gasteiger partial charge in [0.1, 0.15) is 5.75 Å². The standard InChI is InChI=1S/C18H18N2OS/c1-3-20-16-11-14(21-2)9-10-17(16)22-18(20)12-15(19)13-7-5-4-6-8-13/h4-12,19H,3H2,1-2H3/b18-12-,19-15?. The highest BCUT2D eigenvalue weighted by Gasteiger charge is 2.24. The summed E-state index contributed by atoms with van der Waals surface area (Å²) in [5, 5.41) is 9.39. The minimum absolute atomic E-state index is 0.529. The molecule has 112 valence electrons. The Balaban J connectivity index is 1.93. The van der Waals surface area contributed by atoms with Gasteiger partial charge in [0.05, 0.1) is 23.5 Å². The molecule has 0 fully saturated rings. The van der Waals surface area contributed by atoms with Crippen LogP contribution in [0.2, 0.25) is 0 Å². The van der Waals surface area contributed by atoms with Crippen LogP contribution in [0.1, 0.15) is 12.5 Å². The summed E-state index contributed by atoms with van der Waals surface area (Å²) in [6, 6.07) is 15.9. The second-order valence-electron chi connectivity index (χ2n) is 4.94. The van der Waals surface area contributed by atoms with Gasteiger partial charge in [0.25, 0.3) is 0 Å². The number of benzene rings is 2. The predicted octanol–water partition coefficient (Wildman–Crippen LogP) is 4.54. The molecule has 0 unspecified atom stereocenters. The Labute approximate surface area is 135 Å². The Bertz CT molecular complexity index is 725. The predicted molar refractivity (Wildman–Crippen MR) is 93.2 cm³/mol. The number of hydrogen-bond acceptors (Lipinski definition) is 4. The van der Waals surface area contributed by atoms with E-state index in [1.807, 2.05) is 42.5 Å². The molecule has 0 spiro atoms. The smallest absolute Gasteiger partial charge is 0.121 e. The van der Waals surface area contributed by atoms with Crippen molar-refractivity contribution < 1.29 is 4.74 Å². The fraction of sp³-hybridized carbons (Fsp3) is 0.167. The average Bonchev–Trinajstić information content (AvgIpc) is 2.91. The molecular weight excluding hydrogens is 292 g/mol. The molecule has 2 aromatic rings. The van der Waals surface area contributed by atoms with Gasteiger partial charge in [0.2, 0.25) is 0 Å². The van der Waals surface area contributed by atoms with E-state index in [0.29, 0.717) is 5.71 Å². The number of hydrogen-bond donors (Lipinski definition) is 1. The molecule has 1 heterocycles. The number of ether oxygens (including phenoxy) is 1. The number of nitrogens with one attached hydrogen (secondary N) is 1. The second-order valence-corrected chi connectivity index (χ2v) is 6.00. The van der Waals surface area contributed by atoms with Crippen molar-refractivity contribution in [3.63, 3.8) is 0 Å². The van der Waals surface area contributed by atoms with Crippen LogP contribution in [0.15, 0.2) is 64.5 Å². The SMILES string of the molecule is CCN1/C(=C/C(=N)c2ccccc2)Sc2ccc(OC)cc21. The van der Waals surface area contributed by atoms with E-state index >= 15 is 0 Å². The molecular formula is C18H18N2OS. The first-order chi connectivity index (χ1) is 10.7. The number of thioether (sulfide) groups is 1. The van der Waals surface area contributed by atoms with E-state index in [0.717, 1.165) is 28.6 Å². The highest BCUT2D eigenvalue weighted by atomic mass is 32.2. The molecule has 0 atom stereocenters. The molecule has 22 heavy (non-hydrogen) atoms. The molecule has 1 aliphatic rings. The summed E-state index contributed by atoms with van der Waals surface area (Å²) in [5.41, 5.74) is 2.61. The van der Waals surface area contributed by atoms with Crippen molar-refractivity contribution in [1.29, 1.82) is 5.41 Å². The number of fused-ring (bicyclic) bond motifs is 1. The third-order valence-electron chi connectivity index (χ3n) is 3.61. The number of nitrogens with zero attached hydrogens (tertiary/aromatic N) is 1. The van der Waals surface area contributed by atoms with Crippen LogP contribution in [0.3, 0.4) is 0 Å². The molecule has 3 rings (SSSR count). The summed E-state index contributed by atoms with van der Waals surface area (Å²) in [5.74, 6) is 0.859. The Morgan fingerprint density at radius 3 is 2.68 bits per heavy atom. The third kappa shape index (κ3) is 2.74. The highest BCUT2D eigenvalue weighted by molar-refractivity contribution is 8.03. The zero-order valence-electron chi connectivity index (χ0n) is 12.7. The Kier molecular flexibility index (Phi) is 4.20. The van der Waals surface area contributed by atoms with Crippen molar-refractivity contribution in [1.82, 2.24) is 0 Å². The second kappa shape index (κ2) is 6.28. The molecule has 0 aromatic heterocycles. The summed E-state index contributed by atoms with van der Waals surface area (Å²) in [6.45, 7) is 2.98. The quantitative estimate of drug-likeness (QED) is 0.842. The lowest BCUT2D eigenvalue weighted by molar-refractivity contribution is 0.414. The van der Waals surface area contributed by atoms with Gasteiger partial charge in [0, 0.05) is 17.5 Å². The lowest BCUT2D eigenvalue weighted by Gasteiger charge is -2.18. The zero-order chi connectivity index (χ0) is 15.5. The van der Waals surface area contributed by atoms with Gasteiger partial charge < -0.3 is 15.0 Å². The zero-order valence-corrected chi connectivity index (χ0v) is 13.5. The summed E-state index contributed by atoms with van der Waals surface area (Å²) in [4.78, 5) is 3.43. The molecule has 0 saturated heterocycles. The van der Waals surface area contributed by atoms with Gasteiger partial charge in [-0.2, -0.15) is 0 Å². The molecule has 0 bridgehead atoms. The minimum atomic E-state index is 0.529. The van der Waals surface area contributed by atoms with Crippen LogP contribution in [0.25, 0.3) is 0 Å².